The normalized spacial score (nSPS) is 7.30. The Morgan fingerprint density at radius 3 is 1.90 bits per heavy atom. The Labute approximate surface area is 88.0 Å². The van der Waals surface area contributed by atoms with E-state index in [1.54, 1.807) is 0 Å². The SMILES string of the molecule is ClCc1ccccc1.[Na+].[OH-]. The van der Waals surface area contributed by atoms with Gasteiger partial charge in [-0.2, -0.15) is 0 Å². The largest absolute Gasteiger partial charge is 1.00 e. The number of rotatable bonds is 1. The van der Waals surface area contributed by atoms with Gasteiger partial charge in [0, 0.05) is 5.88 Å². The summed E-state index contributed by atoms with van der Waals surface area (Å²) in [6.07, 6.45) is 0. The molecule has 3 heteroatoms. The smallest absolute Gasteiger partial charge is 0.870 e. The molecule has 0 aliphatic rings. The Morgan fingerprint density at radius 2 is 1.60 bits per heavy atom. The van der Waals surface area contributed by atoms with Crippen LogP contribution in [0.4, 0.5) is 0 Å². The molecule has 1 N–H and O–H groups in total. The predicted octanol–water partition coefficient (Wildman–Crippen LogP) is -0.747. The summed E-state index contributed by atoms with van der Waals surface area (Å²) in [5.74, 6) is 0.612. The third-order valence-electron chi connectivity index (χ3n) is 0.997. The second-order valence-corrected chi connectivity index (χ2v) is 1.89. The molecule has 1 nitrogen and oxygen atoms in total. The minimum atomic E-state index is 0. The molecule has 10 heavy (non-hydrogen) atoms. The first-order valence-electron chi connectivity index (χ1n) is 2.53. The first kappa shape index (κ1) is 13.1. The molecule has 0 bridgehead atoms. The fourth-order valence-electron chi connectivity index (χ4n) is 0.567. The van der Waals surface area contributed by atoms with E-state index < -0.39 is 0 Å². The molecule has 0 saturated heterocycles. The molecule has 0 aliphatic heterocycles. The maximum absolute atomic E-state index is 5.53. The average molecular weight is 167 g/mol. The van der Waals surface area contributed by atoms with Crippen LogP contribution in [0.5, 0.6) is 0 Å². The molecule has 0 aromatic heterocycles. The summed E-state index contributed by atoms with van der Waals surface area (Å²) in [4.78, 5) is 0. The van der Waals surface area contributed by atoms with Crippen molar-refractivity contribution in [3.8, 4) is 0 Å². The Bertz CT molecular complexity index is 155. The van der Waals surface area contributed by atoms with Crippen molar-refractivity contribution < 1.29 is 35.0 Å². The van der Waals surface area contributed by atoms with Crippen LogP contribution in [-0.4, -0.2) is 5.48 Å². The zero-order chi connectivity index (χ0) is 5.82. The summed E-state index contributed by atoms with van der Waals surface area (Å²) in [6.45, 7) is 0. The van der Waals surface area contributed by atoms with Crippen molar-refractivity contribution >= 4 is 11.6 Å². The minimum Gasteiger partial charge on any atom is -0.870 e. The van der Waals surface area contributed by atoms with Crippen LogP contribution in [-0.2, 0) is 5.88 Å². The summed E-state index contributed by atoms with van der Waals surface area (Å²) in [5.41, 5.74) is 1.18. The standard InChI is InChI=1S/C7H7Cl.Na.H2O/c8-6-7-4-2-1-3-5-7;;/h1-5H,6H2;;1H2/q;+1;/p-1. The molecule has 1 aromatic rings. The van der Waals surface area contributed by atoms with E-state index >= 15 is 0 Å². The van der Waals surface area contributed by atoms with E-state index in [4.69, 9.17) is 11.6 Å². The van der Waals surface area contributed by atoms with Crippen molar-refractivity contribution in [2.24, 2.45) is 0 Å². The van der Waals surface area contributed by atoms with Crippen LogP contribution in [0.25, 0.3) is 0 Å². The van der Waals surface area contributed by atoms with Crippen LogP contribution in [0.2, 0.25) is 0 Å². The number of alkyl halides is 1. The van der Waals surface area contributed by atoms with Gasteiger partial charge in [-0.15, -0.1) is 11.6 Å². The zero-order valence-electron chi connectivity index (χ0n) is 5.92. The maximum Gasteiger partial charge on any atom is 1.00 e. The molecule has 1 rings (SSSR count). The van der Waals surface area contributed by atoms with E-state index in [9.17, 15) is 0 Å². The summed E-state index contributed by atoms with van der Waals surface area (Å²) in [6, 6.07) is 9.96. The van der Waals surface area contributed by atoms with Crippen molar-refractivity contribution in [3.63, 3.8) is 0 Å². The van der Waals surface area contributed by atoms with Gasteiger partial charge in [-0.25, -0.2) is 0 Å². The van der Waals surface area contributed by atoms with E-state index in [0.29, 0.717) is 5.88 Å². The van der Waals surface area contributed by atoms with Gasteiger partial charge >= 0.3 is 29.6 Å². The summed E-state index contributed by atoms with van der Waals surface area (Å²) in [5, 5.41) is 0. The zero-order valence-corrected chi connectivity index (χ0v) is 8.67. The second kappa shape index (κ2) is 7.58. The van der Waals surface area contributed by atoms with Crippen LogP contribution < -0.4 is 29.6 Å². The molecule has 1 aromatic carbocycles. The van der Waals surface area contributed by atoms with Crippen LogP contribution in [0.15, 0.2) is 30.3 Å². The van der Waals surface area contributed by atoms with E-state index in [1.807, 2.05) is 30.3 Å². The molecule has 0 aliphatic carbocycles. The van der Waals surface area contributed by atoms with Gasteiger partial charge in [0.2, 0.25) is 0 Å². The number of benzene rings is 1. The summed E-state index contributed by atoms with van der Waals surface area (Å²) < 4.78 is 0. The van der Waals surface area contributed by atoms with Crippen molar-refractivity contribution in [1.29, 1.82) is 0 Å². The Kier molecular flexibility index (Phi) is 9.92. The minimum absolute atomic E-state index is 0. The van der Waals surface area contributed by atoms with E-state index in [1.165, 1.54) is 5.56 Å². The van der Waals surface area contributed by atoms with Crippen LogP contribution in [0, 0.1) is 0 Å². The Balaban J connectivity index is 0. The monoisotopic (exact) mass is 166 g/mol. The molecule has 0 atom stereocenters. The third kappa shape index (κ3) is 4.31. The van der Waals surface area contributed by atoms with Crippen molar-refractivity contribution in [3.05, 3.63) is 35.9 Å². The van der Waals surface area contributed by atoms with Gasteiger partial charge in [-0.05, 0) is 5.56 Å². The topological polar surface area (TPSA) is 30.0 Å². The molecule has 50 valence electrons. The quantitative estimate of drug-likeness (QED) is 0.399. The van der Waals surface area contributed by atoms with Gasteiger partial charge in [0.1, 0.15) is 0 Å². The first-order valence-corrected chi connectivity index (χ1v) is 3.07. The van der Waals surface area contributed by atoms with Crippen molar-refractivity contribution in [2.45, 2.75) is 5.88 Å². The molecule has 0 spiro atoms. The van der Waals surface area contributed by atoms with Crippen LogP contribution >= 0.6 is 11.6 Å². The molecule has 0 heterocycles. The predicted molar refractivity (Wildman–Crippen MR) is 37.9 cm³/mol. The molecule has 0 radical (unpaired) electrons. The maximum atomic E-state index is 5.53. The fraction of sp³-hybridized carbons (Fsp3) is 0.143. The van der Waals surface area contributed by atoms with Gasteiger partial charge in [0.15, 0.2) is 0 Å². The molecule has 0 amide bonds. The van der Waals surface area contributed by atoms with Crippen LogP contribution in [0.1, 0.15) is 5.56 Å². The fourth-order valence-corrected chi connectivity index (χ4v) is 0.745. The number of halogens is 1. The molecule has 0 unspecified atom stereocenters. The number of hydrogen-bond acceptors (Lipinski definition) is 1. The van der Waals surface area contributed by atoms with E-state index in [-0.39, 0.29) is 35.0 Å². The molecular formula is C7H8ClNaO. The molecule has 0 fully saturated rings. The van der Waals surface area contributed by atoms with Gasteiger partial charge < -0.3 is 5.48 Å². The molecule has 0 saturated carbocycles. The Morgan fingerprint density at radius 1 is 1.10 bits per heavy atom. The second-order valence-electron chi connectivity index (χ2n) is 1.62. The Hall–Kier alpha value is 0.470. The van der Waals surface area contributed by atoms with Crippen molar-refractivity contribution in [2.75, 3.05) is 0 Å². The summed E-state index contributed by atoms with van der Waals surface area (Å²) >= 11 is 5.53. The van der Waals surface area contributed by atoms with E-state index in [2.05, 4.69) is 0 Å². The van der Waals surface area contributed by atoms with Crippen molar-refractivity contribution in [1.82, 2.24) is 0 Å². The third-order valence-corrected chi connectivity index (χ3v) is 1.31. The van der Waals surface area contributed by atoms with Gasteiger partial charge in [-0.1, -0.05) is 30.3 Å². The van der Waals surface area contributed by atoms with Gasteiger partial charge in [-0.3, -0.25) is 0 Å². The summed E-state index contributed by atoms with van der Waals surface area (Å²) in [7, 11) is 0. The van der Waals surface area contributed by atoms with Gasteiger partial charge in [0.05, 0.1) is 0 Å². The van der Waals surface area contributed by atoms with Crippen LogP contribution in [0.3, 0.4) is 0 Å². The average Bonchev–Trinajstić information content (AvgIpc) is 1.90. The van der Waals surface area contributed by atoms with E-state index in [0.717, 1.165) is 0 Å². The van der Waals surface area contributed by atoms with Gasteiger partial charge in [0.25, 0.3) is 0 Å². The first-order chi connectivity index (χ1) is 3.93. The molecular weight excluding hydrogens is 159 g/mol. The number of hydrogen-bond donors (Lipinski definition) is 0.